The first-order valence-corrected chi connectivity index (χ1v) is 24.0. The molecular weight excluding hydrogens is 1420 g/mol. The summed E-state index contributed by atoms with van der Waals surface area (Å²) in [5.41, 5.74) is 0. The van der Waals surface area contributed by atoms with Gasteiger partial charge >= 0.3 is 200 Å². The van der Waals surface area contributed by atoms with Gasteiger partial charge in [-0.3, -0.25) is 0 Å². The number of rotatable bonds is 0. The van der Waals surface area contributed by atoms with Gasteiger partial charge in [0.2, 0.25) is 0 Å². The summed E-state index contributed by atoms with van der Waals surface area (Å²) in [6, 6.07) is 0. The van der Waals surface area contributed by atoms with Crippen LogP contribution in [-0.4, -0.2) is 128 Å². The Hall–Kier alpha value is 3.67. The van der Waals surface area contributed by atoms with Crippen LogP contribution in [0.5, 0.6) is 0 Å². The molecule has 0 aromatic carbocycles. The van der Waals surface area contributed by atoms with E-state index in [1.165, 1.54) is 0 Å². The third kappa shape index (κ3) is 903. The average molecular weight is 1420 g/mol. The third-order valence-electron chi connectivity index (χ3n) is 0. The van der Waals surface area contributed by atoms with Gasteiger partial charge in [0, 0.05) is 0 Å². The first kappa shape index (κ1) is 44.8. The van der Waals surface area contributed by atoms with E-state index in [0.717, 1.165) is 0 Å². The Kier molecular flexibility index (Phi) is 80.8. The Balaban J connectivity index is -0.0000000250. The average Bonchev–Trinajstić information content (AvgIpc) is 1.94. The fourth-order valence-electron chi connectivity index (χ4n) is 0. The van der Waals surface area contributed by atoms with Crippen molar-refractivity contribution in [1.82, 2.24) is 0 Å². The zero-order valence-corrected chi connectivity index (χ0v) is 32.2. The SMILES string of the molecule is [Al+3].[Cd+2].[O]=[Bi](=[O])[O-].[O]=[Bi](=[O])[O-].[O]=[Bi](=[O])[O-].[O]=[Bi](=[O])[O-].[O]=[Bi](=[O])[O-]. The van der Waals surface area contributed by atoms with Gasteiger partial charge in [0.1, 0.15) is 0 Å². The molecule has 0 radical (unpaired) electrons. The second-order valence-electron chi connectivity index (χ2n) is 1.12. The molecule has 0 aliphatic rings. The number of hydrogen-bond acceptors (Lipinski definition) is 15. The van der Waals surface area contributed by atoms with E-state index in [9.17, 15) is 0 Å². The van der Waals surface area contributed by atoms with Gasteiger partial charge < -0.3 is 0 Å². The van der Waals surface area contributed by atoms with E-state index in [2.05, 4.69) is 0 Å². The first-order valence-electron chi connectivity index (χ1n) is 2.74. The second-order valence-corrected chi connectivity index (χ2v) is 9.81. The minimum atomic E-state index is -4.34. The Morgan fingerprint density at radius 2 is 0.364 bits per heavy atom. The van der Waals surface area contributed by atoms with Crippen LogP contribution in [0.3, 0.4) is 0 Å². The van der Waals surface area contributed by atoms with Crippen LogP contribution in [0.4, 0.5) is 0 Å². The van der Waals surface area contributed by atoms with Gasteiger partial charge in [0.25, 0.3) is 0 Å². The molecule has 0 spiro atoms. The molecule has 0 amide bonds. The van der Waals surface area contributed by atoms with Gasteiger partial charge in [-0.1, -0.05) is 0 Å². The van der Waals surface area contributed by atoms with E-state index in [4.69, 9.17) is 44.0 Å². The Labute approximate surface area is 195 Å². The van der Waals surface area contributed by atoms with Crippen molar-refractivity contribution in [2.45, 2.75) is 0 Å². The molecule has 0 aliphatic carbocycles. The maximum atomic E-state index is 8.62. The van der Waals surface area contributed by atoms with Gasteiger partial charge in [0.05, 0.1) is 0 Å². The maximum absolute atomic E-state index is 8.62. The van der Waals surface area contributed by atoms with E-state index in [1.807, 2.05) is 0 Å². The van der Waals surface area contributed by atoms with Crippen LogP contribution in [0.1, 0.15) is 0 Å². The molecule has 0 aromatic rings. The Bertz CT molecular complexity index is 386. The number of hydrogen-bond donors (Lipinski definition) is 0. The van der Waals surface area contributed by atoms with Crippen LogP contribution >= 0.6 is 0 Å². The summed E-state index contributed by atoms with van der Waals surface area (Å²) in [6.07, 6.45) is 0. The molecular formula is AlBi5CdO15. The van der Waals surface area contributed by atoms with Crippen molar-refractivity contribution in [3.63, 3.8) is 0 Å². The monoisotopic (exact) mass is 1430 g/mol. The molecule has 0 aromatic heterocycles. The van der Waals surface area contributed by atoms with Crippen LogP contribution in [-0.2, 0) is 55.4 Å². The fraction of sp³-hybridized carbons (Fsp3) is 0. The normalized spacial score (nSPS) is 5.68. The van der Waals surface area contributed by atoms with Crippen LogP contribution in [0, 0.1) is 0 Å². The topological polar surface area (TPSA) is 286 Å². The molecule has 0 saturated heterocycles. The van der Waals surface area contributed by atoms with Crippen LogP contribution in [0.15, 0.2) is 0 Å². The van der Waals surface area contributed by atoms with Gasteiger partial charge in [-0.2, -0.15) is 0 Å². The molecule has 0 bridgehead atoms. The van der Waals surface area contributed by atoms with E-state index >= 15 is 0 Å². The van der Waals surface area contributed by atoms with Crippen LogP contribution < -0.4 is 15.9 Å². The van der Waals surface area contributed by atoms with Crippen LogP contribution in [0.25, 0.3) is 0 Å². The predicted octanol–water partition coefficient (Wildman–Crippen LogP) is -9.42. The van der Waals surface area contributed by atoms with Crippen molar-refractivity contribution in [2.75, 3.05) is 0 Å². The minimum absolute atomic E-state index is 0. The third-order valence-corrected chi connectivity index (χ3v) is 0. The summed E-state index contributed by atoms with van der Waals surface area (Å²) in [4.78, 5) is 0. The molecule has 0 N–H and O–H groups in total. The summed E-state index contributed by atoms with van der Waals surface area (Å²) in [5.74, 6) is 0. The van der Waals surface area contributed by atoms with E-state index in [0.29, 0.717) is 0 Å². The van der Waals surface area contributed by atoms with E-state index in [-0.39, 0.29) is 44.7 Å². The predicted molar refractivity (Wildman–Crippen MR) is 41.4 cm³/mol. The van der Waals surface area contributed by atoms with E-state index < -0.39 is 111 Å². The molecule has 15 nitrogen and oxygen atoms in total. The first-order chi connectivity index (χ1) is 8.66. The van der Waals surface area contributed by atoms with Crippen LogP contribution in [0.2, 0.25) is 0 Å². The molecule has 0 atom stereocenters. The molecule has 0 aliphatic heterocycles. The zero-order valence-electron chi connectivity index (χ0n) is 9.64. The quantitative estimate of drug-likeness (QED) is 0.204. The standard InChI is InChI=1S/Al.5Bi.Cd.15O/q+3;;;;;;+2;;;;;;;;;;;5*-1. The zero-order chi connectivity index (χ0) is 17.9. The Morgan fingerprint density at radius 3 is 0.364 bits per heavy atom. The van der Waals surface area contributed by atoms with E-state index in [1.54, 1.807) is 0 Å². The van der Waals surface area contributed by atoms with Crippen molar-refractivity contribution >= 4 is 128 Å². The van der Waals surface area contributed by atoms with Crippen molar-refractivity contribution in [3.05, 3.63) is 0 Å². The van der Waals surface area contributed by atoms with Crippen molar-refractivity contribution < 1.29 is 71.3 Å². The molecule has 22 heavy (non-hydrogen) atoms. The van der Waals surface area contributed by atoms with Gasteiger partial charge in [0.15, 0.2) is 0 Å². The summed E-state index contributed by atoms with van der Waals surface area (Å²) in [7, 11) is 0. The summed E-state index contributed by atoms with van der Waals surface area (Å²) in [5, 5.41) is 0. The fourth-order valence-corrected chi connectivity index (χ4v) is 0. The molecule has 0 heterocycles. The Morgan fingerprint density at radius 1 is 0.364 bits per heavy atom. The van der Waals surface area contributed by atoms with Crippen molar-refractivity contribution in [1.29, 1.82) is 0 Å². The summed E-state index contributed by atoms with van der Waals surface area (Å²) >= 11 is -21.7. The molecule has 120 valence electrons. The van der Waals surface area contributed by atoms with Gasteiger partial charge in [-0.25, -0.2) is 0 Å². The van der Waals surface area contributed by atoms with Crippen molar-refractivity contribution in [2.24, 2.45) is 0 Å². The van der Waals surface area contributed by atoms with Gasteiger partial charge in [-0.15, -0.1) is 0 Å². The molecule has 0 saturated carbocycles. The van der Waals surface area contributed by atoms with Crippen molar-refractivity contribution in [3.8, 4) is 0 Å². The summed E-state index contributed by atoms with van der Waals surface area (Å²) < 4.78 is 129. The molecule has 0 unspecified atom stereocenters. The second kappa shape index (κ2) is 39.7. The molecule has 0 fully saturated rings. The van der Waals surface area contributed by atoms with Gasteiger partial charge in [-0.05, 0) is 0 Å². The summed E-state index contributed by atoms with van der Waals surface area (Å²) in [6.45, 7) is 0. The molecule has 22 heteroatoms. The molecule has 0 rings (SSSR count).